The number of aryl methyl sites for hydroxylation is 2. The number of thiocarbonyl (C=S) groups is 1. The Morgan fingerprint density at radius 3 is 2.52 bits per heavy atom. The van der Waals surface area contributed by atoms with Crippen molar-refractivity contribution >= 4 is 34.4 Å². The second-order valence-electron chi connectivity index (χ2n) is 6.28. The highest BCUT2D eigenvalue weighted by molar-refractivity contribution is 7.80. The molecule has 2 rings (SSSR count). The SMILES string of the molecule is CCN(CC)CCN(Cc1cccs1)C(=S)Nc1cc(C)ccc1C. The molecule has 5 heteroatoms. The second-order valence-corrected chi connectivity index (χ2v) is 7.70. The molecule has 0 aliphatic carbocycles. The van der Waals surface area contributed by atoms with E-state index in [-0.39, 0.29) is 0 Å². The van der Waals surface area contributed by atoms with Crippen LogP contribution in [0.3, 0.4) is 0 Å². The van der Waals surface area contributed by atoms with Crippen molar-refractivity contribution in [3.63, 3.8) is 0 Å². The van der Waals surface area contributed by atoms with Crippen molar-refractivity contribution in [1.82, 2.24) is 9.80 Å². The fourth-order valence-corrected chi connectivity index (χ4v) is 3.70. The lowest BCUT2D eigenvalue weighted by Gasteiger charge is -2.29. The highest BCUT2D eigenvalue weighted by Crippen LogP contribution is 2.18. The number of hydrogen-bond acceptors (Lipinski definition) is 3. The molecule has 0 unspecified atom stereocenters. The molecular weight excluding hydrogens is 346 g/mol. The van der Waals surface area contributed by atoms with E-state index >= 15 is 0 Å². The van der Waals surface area contributed by atoms with Gasteiger partial charge in [-0.1, -0.05) is 32.0 Å². The Bertz CT molecular complexity index is 664. The summed E-state index contributed by atoms with van der Waals surface area (Å²) in [6.45, 7) is 13.6. The van der Waals surface area contributed by atoms with Crippen molar-refractivity contribution in [3.8, 4) is 0 Å². The normalized spacial score (nSPS) is 10.9. The molecule has 3 nitrogen and oxygen atoms in total. The summed E-state index contributed by atoms with van der Waals surface area (Å²) in [5.74, 6) is 0. The summed E-state index contributed by atoms with van der Waals surface area (Å²) in [6, 6.07) is 10.7. The van der Waals surface area contributed by atoms with Gasteiger partial charge < -0.3 is 15.1 Å². The van der Waals surface area contributed by atoms with Crippen LogP contribution in [0.15, 0.2) is 35.7 Å². The van der Waals surface area contributed by atoms with E-state index in [4.69, 9.17) is 12.2 Å². The molecule has 1 aromatic heterocycles. The molecule has 0 spiro atoms. The highest BCUT2D eigenvalue weighted by atomic mass is 32.1. The first-order valence-corrected chi connectivity index (χ1v) is 10.2. The van der Waals surface area contributed by atoms with Gasteiger partial charge in [-0.25, -0.2) is 0 Å². The number of hydrogen-bond donors (Lipinski definition) is 1. The van der Waals surface area contributed by atoms with Crippen molar-refractivity contribution in [2.24, 2.45) is 0 Å². The van der Waals surface area contributed by atoms with Crippen LogP contribution >= 0.6 is 23.6 Å². The molecule has 1 heterocycles. The zero-order chi connectivity index (χ0) is 18.2. The molecule has 1 aromatic carbocycles. The maximum absolute atomic E-state index is 5.76. The van der Waals surface area contributed by atoms with Crippen molar-refractivity contribution in [1.29, 1.82) is 0 Å². The monoisotopic (exact) mass is 375 g/mol. The van der Waals surface area contributed by atoms with Crippen LogP contribution in [0.4, 0.5) is 5.69 Å². The van der Waals surface area contributed by atoms with Crippen LogP contribution in [0.5, 0.6) is 0 Å². The molecular formula is C20H29N3S2. The van der Waals surface area contributed by atoms with Crippen LogP contribution in [-0.2, 0) is 6.54 Å². The maximum atomic E-state index is 5.76. The number of rotatable bonds is 8. The molecule has 0 saturated carbocycles. The quantitative estimate of drug-likeness (QED) is 0.661. The summed E-state index contributed by atoms with van der Waals surface area (Å²) in [5.41, 5.74) is 3.56. The van der Waals surface area contributed by atoms with Crippen LogP contribution in [0.2, 0.25) is 0 Å². The van der Waals surface area contributed by atoms with Gasteiger partial charge >= 0.3 is 0 Å². The number of anilines is 1. The summed E-state index contributed by atoms with van der Waals surface area (Å²) in [7, 11) is 0. The molecule has 0 aliphatic heterocycles. The third-order valence-electron chi connectivity index (χ3n) is 4.43. The first-order valence-electron chi connectivity index (χ1n) is 8.91. The van der Waals surface area contributed by atoms with E-state index < -0.39 is 0 Å². The summed E-state index contributed by atoms with van der Waals surface area (Å²) in [6.07, 6.45) is 0. The zero-order valence-electron chi connectivity index (χ0n) is 15.7. The predicted molar refractivity (Wildman–Crippen MR) is 115 cm³/mol. The highest BCUT2D eigenvalue weighted by Gasteiger charge is 2.13. The smallest absolute Gasteiger partial charge is 0.173 e. The molecule has 0 atom stereocenters. The second kappa shape index (κ2) is 9.90. The van der Waals surface area contributed by atoms with Gasteiger partial charge in [-0.3, -0.25) is 0 Å². The van der Waals surface area contributed by atoms with Crippen molar-refractivity contribution < 1.29 is 0 Å². The summed E-state index contributed by atoms with van der Waals surface area (Å²) in [5, 5.41) is 6.39. The lowest BCUT2D eigenvalue weighted by atomic mass is 10.1. The van der Waals surface area contributed by atoms with E-state index in [1.54, 1.807) is 11.3 Å². The van der Waals surface area contributed by atoms with Gasteiger partial charge in [-0.05, 0) is 67.8 Å². The molecule has 0 radical (unpaired) electrons. The summed E-state index contributed by atoms with van der Waals surface area (Å²) < 4.78 is 0. The molecule has 1 N–H and O–H groups in total. The Morgan fingerprint density at radius 2 is 1.88 bits per heavy atom. The van der Waals surface area contributed by atoms with E-state index in [0.717, 1.165) is 43.5 Å². The Morgan fingerprint density at radius 1 is 1.12 bits per heavy atom. The number of likely N-dealkylation sites (N-methyl/N-ethyl adjacent to an activating group) is 1. The van der Waals surface area contributed by atoms with Crippen molar-refractivity contribution in [3.05, 3.63) is 51.7 Å². The first kappa shape index (κ1) is 19.9. The Hall–Kier alpha value is -1.43. The fraction of sp³-hybridized carbons (Fsp3) is 0.450. The van der Waals surface area contributed by atoms with Gasteiger partial charge in [0, 0.05) is 23.7 Å². The summed E-state index contributed by atoms with van der Waals surface area (Å²) >= 11 is 7.54. The van der Waals surface area contributed by atoms with Crippen LogP contribution in [0.25, 0.3) is 0 Å². The van der Waals surface area contributed by atoms with Gasteiger partial charge in [0.05, 0.1) is 6.54 Å². The third kappa shape index (κ3) is 6.10. The predicted octanol–water partition coefficient (Wildman–Crippen LogP) is 4.91. The van der Waals surface area contributed by atoms with Gasteiger partial charge in [0.1, 0.15) is 0 Å². The minimum absolute atomic E-state index is 0.800. The van der Waals surface area contributed by atoms with Gasteiger partial charge in [0.2, 0.25) is 0 Å². The minimum atomic E-state index is 0.800. The molecule has 0 saturated heterocycles. The van der Waals surface area contributed by atoms with Crippen molar-refractivity contribution in [2.75, 3.05) is 31.5 Å². The molecule has 0 bridgehead atoms. The van der Waals surface area contributed by atoms with Gasteiger partial charge in [0.25, 0.3) is 0 Å². The lowest BCUT2D eigenvalue weighted by Crippen LogP contribution is -2.40. The third-order valence-corrected chi connectivity index (χ3v) is 5.65. The Labute approximate surface area is 161 Å². The van der Waals surface area contributed by atoms with Crippen LogP contribution < -0.4 is 5.32 Å². The molecule has 2 aromatic rings. The van der Waals surface area contributed by atoms with Gasteiger partial charge in [-0.2, -0.15) is 0 Å². The number of nitrogens with zero attached hydrogens (tertiary/aromatic N) is 2. The van der Waals surface area contributed by atoms with Crippen LogP contribution in [0.1, 0.15) is 29.9 Å². The Kier molecular flexibility index (Phi) is 7.88. The van der Waals surface area contributed by atoms with E-state index in [9.17, 15) is 0 Å². The topological polar surface area (TPSA) is 18.5 Å². The van der Waals surface area contributed by atoms with Crippen LogP contribution in [-0.4, -0.2) is 41.1 Å². The minimum Gasteiger partial charge on any atom is -0.343 e. The van der Waals surface area contributed by atoms with E-state index in [1.807, 2.05) is 0 Å². The lowest BCUT2D eigenvalue weighted by molar-refractivity contribution is 0.267. The number of nitrogens with one attached hydrogen (secondary N) is 1. The van der Waals surface area contributed by atoms with E-state index in [0.29, 0.717) is 0 Å². The van der Waals surface area contributed by atoms with Gasteiger partial charge in [-0.15, -0.1) is 11.3 Å². The summed E-state index contributed by atoms with van der Waals surface area (Å²) in [4.78, 5) is 6.05. The van der Waals surface area contributed by atoms with E-state index in [2.05, 4.69) is 78.5 Å². The largest absolute Gasteiger partial charge is 0.343 e. The molecule has 0 aliphatic rings. The zero-order valence-corrected chi connectivity index (χ0v) is 17.3. The molecule has 0 fully saturated rings. The molecule has 136 valence electrons. The van der Waals surface area contributed by atoms with Crippen LogP contribution in [0, 0.1) is 13.8 Å². The van der Waals surface area contributed by atoms with E-state index in [1.165, 1.54) is 16.0 Å². The number of benzene rings is 1. The fourth-order valence-electron chi connectivity index (χ4n) is 2.71. The maximum Gasteiger partial charge on any atom is 0.173 e. The van der Waals surface area contributed by atoms with Gasteiger partial charge in [0.15, 0.2) is 5.11 Å². The van der Waals surface area contributed by atoms with Crippen molar-refractivity contribution in [2.45, 2.75) is 34.2 Å². The average molecular weight is 376 g/mol. The average Bonchev–Trinajstić information content (AvgIpc) is 3.11. The first-order chi connectivity index (χ1) is 12.0. The molecule has 0 amide bonds. The number of thiophene rings is 1. The standard InChI is InChI=1S/C20H29N3S2/c1-5-22(6-2)11-12-23(15-18-8-7-13-25-18)20(24)21-19-14-16(3)9-10-17(19)4/h7-10,13-14H,5-6,11-12,15H2,1-4H3,(H,21,24). The Balaban J connectivity index is 2.09. The molecule has 25 heavy (non-hydrogen) atoms.